The van der Waals surface area contributed by atoms with Crippen LogP contribution in [0.2, 0.25) is 0 Å². The van der Waals surface area contributed by atoms with Crippen LogP contribution in [0, 0.1) is 10.1 Å². The molecule has 2 N–H and O–H groups in total. The topological polar surface area (TPSA) is 166 Å². The lowest BCUT2D eigenvalue weighted by Crippen LogP contribution is -3.12. The first-order chi connectivity index (χ1) is 17.6. The highest BCUT2D eigenvalue weighted by Crippen LogP contribution is 2.22. The number of carbonyl (C=O) groups is 2. The summed E-state index contributed by atoms with van der Waals surface area (Å²) in [5, 5.41) is 27.1. The molecule has 4 rings (SSSR count). The number of benzene rings is 2. The van der Waals surface area contributed by atoms with Crippen molar-refractivity contribution in [3.8, 4) is 0 Å². The summed E-state index contributed by atoms with van der Waals surface area (Å²) in [6, 6.07) is 16.3. The first kappa shape index (κ1) is 28.2. The monoisotopic (exact) mass is 534 g/mol. The van der Waals surface area contributed by atoms with Crippen LogP contribution >= 0.6 is 0 Å². The number of rotatable bonds is 6. The summed E-state index contributed by atoms with van der Waals surface area (Å²) in [5.74, 6) is -4.01. The lowest BCUT2D eigenvalue weighted by Gasteiger charge is -2.41. The van der Waals surface area contributed by atoms with Crippen LogP contribution in [0.15, 0.2) is 59.5 Å². The summed E-state index contributed by atoms with van der Waals surface area (Å²) in [4.78, 5) is 32.5. The molecule has 0 atom stereocenters. The zero-order valence-corrected chi connectivity index (χ0v) is 21.0. The van der Waals surface area contributed by atoms with Gasteiger partial charge < -0.3 is 19.9 Å². The molecular weight excluding hydrogens is 504 g/mol. The molecule has 0 spiro atoms. The molecule has 0 aliphatic carbocycles. The van der Waals surface area contributed by atoms with Crippen LogP contribution in [0.25, 0.3) is 0 Å². The quantitative estimate of drug-likeness (QED) is 0.268. The Balaban J connectivity index is 0.000000568. The fourth-order valence-electron chi connectivity index (χ4n) is 4.64. The van der Waals surface area contributed by atoms with Gasteiger partial charge >= 0.3 is 5.97 Å². The Hall–Kier alpha value is -3.39. The second kappa shape index (κ2) is 12.7. The van der Waals surface area contributed by atoms with Gasteiger partial charge in [-0.05, 0) is 12.1 Å². The normalized spacial score (nSPS) is 20.9. The van der Waals surface area contributed by atoms with Crippen LogP contribution < -0.4 is 10.0 Å². The zero-order valence-electron chi connectivity index (χ0n) is 20.2. The zero-order chi connectivity index (χ0) is 27.0. The molecule has 0 aromatic heterocycles. The third-order valence-electron chi connectivity index (χ3n) is 6.61. The predicted octanol–water partition coefficient (Wildman–Crippen LogP) is -1.03. The van der Waals surface area contributed by atoms with Gasteiger partial charge in [-0.15, -0.1) is 0 Å². The van der Waals surface area contributed by atoms with Crippen molar-refractivity contribution < 1.29 is 38.0 Å². The Morgan fingerprint density at radius 3 is 2.00 bits per heavy atom. The van der Waals surface area contributed by atoms with Crippen molar-refractivity contribution >= 4 is 27.6 Å². The first-order valence-corrected chi connectivity index (χ1v) is 13.3. The van der Waals surface area contributed by atoms with Gasteiger partial charge in [0.1, 0.15) is 6.54 Å². The Morgan fingerprint density at radius 1 is 0.973 bits per heavy atom. The van der Waals surface area contributed by atoms with Crippen LogP contribution in [0.1, 0.15) is 18.4 Å². The third-order valence-corrected chi connectivity index (χ3v) is 8.52. The average Bonchev–Trinajstić information content (AvgIpc) is 2.90. The van der Waals surface area contributed by atoms with Crippen molar-refractivity contribution in [3.63, 3.8) is 0 Å². The van der Waals surface area contributed by atoms with Crippen molar-refractivity contribution in [1.82, 2.24) is 9.21 Å². The van der Waals surface area contributed by atoms with Gasteiger partial charge in [0.25, 0.3) is 5.69 Å². The number of nitrogens with one attached hydrogen (secondary N) is 1. The van der Waals surface area contributed by atoms with E-state index in [9.17, 15) is 18.5 Å². The molecule has 2 saturated heterocycles. The van der Waals surface area contributed by atoms with E-state index in [-0.39, 0.29) is 10.6 Å². The molecule has 0 saturated carbocycles. The number of hydrogen-bond donors (Lipinski definition) is 2. The molecule has 2 aliphatic rings. The second-order valence-corrected chi connectivity index (χ2v) is 10.9. The van der Waals surface area contributed by atoms with Gasteiger partial charge in [0.15, 0.2) is 5.97 Å². The Morgan fingerprint density at radius 2 is 1.51 bits per heavy atom. The molecule has 2 aliphatic heterocycles. The van der Waals surface area contributed by atoms with Crippen LogP contribution in [0.5, 0.6) is 0 Å². The highest BCUT2D eigenvalue weighted by molar-refractivity contribution is 7.89. The number of nitro benzene ring substituents is 1. The van der Waals surface area contributed by atoms with Gasteiger partial charge in [-0.1, -0.05) is 30.3 Å². The molecule has 200 valence electrons. The van der Waals surface area contributed by atoms with E-state index in [4.69, 9.17) is 19.8 Å². The van der Waals surface area contributed by atoms with E-state index in [1.165, 1.54) is 34.1 Å². The fraction of sp³-hybridized carbons (Fsp3) is 0.417. The minimum absolute atomic E-state index is 0.107. The van der Waals surface area contributed by atoms with E-state index in [1.807, 2.05) is 6.07 Å². The summed E-state index contributed by atoms with van der Waals surface area (Å²) in [7, 11) is -3.62. The van der Waals surface area contributed by atoms with E-state index in [0.717, 1.165) is 45.6 Å². The van der Waals surface area contributed by atoms with Crippen LogP contribution in [0.3, 0.4) is 0 Å². The van der Waals surface area contributed by atoms with E-state index in [1.54, 1.807) is 4.90 Å². The van der Waals surface area contributed by atoms with Crippen molar-refractivity contribution in [2.75, 3.05) is 39.3 Å². The van der Waals surface area contributed by atoms with E-state index in [2.05, 4.69) is 29.2 Å². The Labute approximate surface area is 214 Å². The number of sulfonamides is 1. The van der Waals surface area contributed by atoms with Crippen molar-refractivity contribution in [2.24, 2.45) is 0 Å². The molecule has 0 radical (unpaired) electrons. The minimum Gasteiger partial charge on any atom is -0.539 e. The smallest absolute Gasteiger partial charge is 0.351 e. The maximum absolute atomic E-state index is 12.9. The van der Waals surface area contributed by atoms with Gasteiger partial charge in [0.2, 0.25) is 10.0 Å². The fourth-order valence-corrected chi connectivity index (χ4v) is 6.06. The average molecular weight is 535 g/mol. The summed E-state index contributed by atoms with van der Waals surface area (Å²) in [6.45, 7) is 5.71. The van der Waals surface area contributed by atoms with Gasteiger partial charge in [-0.2, -0.15) is 4.31 Å². The Bertz CT molecular complexity index is 1160. The van der Waals surface area contributed by atoms with Crippen LogP contribution in [-0.4, -0.2) is 84.9 Å². The first-order valence-electron chi connectivity index (χ1n) is 11.9. The number of non-ortho nitro benzene ring substituents is 1. The maximum Gasteiger partial charge on any atom is 0.351 e. The number of piperidine rings is 1. The summed E-state index contributed by atoms with van der Waals surface area (Å²) in [6.07, 6.45) is 2.27. The lowest BCUT2D eigenvalue weighted by atomic mass is 10.0. The highest BCUT2D eigenvalue weighted by Gasteiger charge is 2.33. The standard InChI is InChI=1S/C22H28N4O4S.C2H2O4/c27-26(28)21-6-8-22(9-7-21)31(29,30)25-16-14-24(15-17-25)20-10-12-23(13-11-20)18-19-4-2-1-3-5-19;3-1(4)2(5)6/h1-9,20H,10-18H2;(H,3,4)(H,5,6). The van der Waals surface area contributed by atoms with E-state index < -0.39 is 26.9 Å². The van der Waals surface area contributed by atoms with Gasteiger partial charge in [-0.25, -0.2) is 13.2 Å². The summed E-state index contributed by atoms with van der Waals surface area (Å²) >= 11 is 0. The number of carboxylic acid groups (broad SMARTS) is 2. The molecular formula is C24H30N4O8S. The summed E-state index contributed by atoms with van der Waals surface area (Å²) < 4.78 is 27.3. The molecule has 0 amide bonds. The van der Waals surface area contributed by atoms with Crippen molar-refractivity contribution in [1.29, 1.82) is 0 Å². The molecule has 37 heavy (non-hydrogen) atoms. The number of nitrogens with zero attached hydrogens (tertiary/aromatic N) is 3. The number of quaternary nitrogens is 1. The molecule has 13 heteroatoms. The lowest BCUT2D eigenvalue weighted by molar-refractivity contribution is -0.919. The van der Waals surface area contributed by atoms with Crippen LogP contribution in [0.4, 0.5) is 5.69 Å². The molecule has 0 unspecified atom stereocenters. The molecule has 12 nitrogen and oxygen atoms in total. The third kappa shape index (κ3) is 7.79. The number of carbonyl (C=O) groups excluding carboxylic acids is 1. The number of aliphatic carboxylic acids is 2. The number of nitro groups is 1. The number of carboxylic acids is 2. The van der Waals surface area contributed by atoms with Crippen molar-refractivity contribution in [3.05, 3.63) is 70.3 Å². The van der Waals surface area contributed by atoms with Gasteiger partial charge in [0.05, 0.1) is 22.9 Å². The highest BCUT2D eigenvalue weighted by atomic mass is 32.2. The molecule has 2 aromatic carbocycles. The minimum atomic E-state index is -3.62. The maximum atomic E-state index is 12.9. The predicted molar refractivity (Wildman–Crippen MR) is 130 cm³/mol. The molecule has 0 bridgehead atoms. The number of likely N-dealkylation sites (tertiary alicyclic amines) is 1. The molecule has 2 aromatic rings. The van der Waals surface area contributed by atoms with Crippen molar-refractivity contribution in [2.45, 2.75) is 30.3 Å². The SMILES string of the molecule is O=C([O-])C(=O)O.O=[N+]([O-])c1ccc(S(=O)(=O)N2CCN(C3CC[NH+](Cc4ccccc4)CC3)CC2)cc1. The largest absolute Gasteiger partial charge is 0.539 e. The second-order valence-electron chi connectivity index (χ2n) is 8.93. The van der Waals surface area contributed by atoms with Gasteiger partial charge in [0, 0.05) is 62.8 Å². The Kier molecular flexibility index (Phi) is 9.69. The van der Waals surface area contributed by atoms with Crippen LogP contribution in [-0.2, 0) is 26.2 Å². The number of piperazine rings is 1. The molecule has 2 fully saturated rings. The molecule has 2 heterocycles. The summed E-state index contributed by atoms with van der Waals surface area (Å²) in [5.41, 5.74) is 1.27. The number of hydrogen-bond acceptors (Lipinski definition) is 8. The van der Waals surface area contributed by atoms with Gasteiger partial charge in [-0.3, -0.25) is 15.0 Å². The van der Waals surface area contributed by atoms with E-state index >= 15 is 0 Å². The van der Waals surface area contributed by atoms with E-state index in [0.29, 0.717) is 19.1 Å².